The second kappa shape index (κ2) is 3.66. The van der Waals surface area contributed by atoms with Gasteiger partial charge in [0.1, 0.15) is 0 Å². The highest BCUT2D eigenvalue weighted by Gasteiger charge is 1.98. The quantitative estimate of drug-likeness (QED) is 0.556. The third-order valence-corrected chi connectivity index (χ3v) is 2.08. The van der Waals surface area contributed by atoms with Crippen LogP contribution in [0.15, 0.2) is 29.2 Å². The van der Waals surface area contributed by atoms with E-state index in [-0.39, 0.29) is 0 Å². The first kappa shape index (κ1) is 9.18. The highest BCUT2D eigenvalue weighted by molar-refractivity contribution is 7.79. The molecule has 0 fully saturated rings. The fraction of sp³-hybridized carbons (Fsp3) is 0.143. The van der Waals surface area contributed by atoms with Crippen molar-refractivity contribution in [3.05, 3.63) is 29.5 Å². The van der Waals surface area contributed by atoms with E-state index in [1.165, 1.54) is 31.3 Å². The molecule has 0 spiro atoms. The monoisotopic (exact) mass is 186 g/mol. The van der Waals surface area contributed by atoms with Crippen molar-refractivity contribution in [2.24, 2.45) is 0 Å². The zero-order chi connectivity index (χ0) is 9.14. The Balaban J connectivity index is 2.93. The summed E-state index contributed by atoms with van der Waals surface area (Å²) < 4.78 is 19.1. The fourth-order valence-corrected chi connectivity index (χ4v) is 1.14. The lowest BCUT2D eigenvalue weighted by Gasteiger charge is -2.24. The maximum absolute atomic E-state index is 10.7. The van der Waals surface area contributed by atoms with Crippen molar-refractivity contribution in [3.8, 4) is 0 Å². The highest BCUT2D eigenvalue weighted by atomic mass is 32.2. The largest absolute Gasteiger partial charge is 0.758 e. The van der Waals surface area contributed by atoms with Crippen LogP contribution >= 0.6 is 0 Å². The minimum absolute atomic E-state index is 0.292. The predicted molar refractivity (Wildman–Crippen MR) is 47.2 cm³/mol. The fourth-order valence-electron chi connectivity index (χ4n) is 0.772. The third kappa shape index (κ3) is 2.04. The summed E-state index contributed by atoms with van der Waals surface area (Å²) in [5, 5.41) is 11.4. The summed E-state index contributed by atoms with van der Waals surface area (Å²) >= 11 is -1.97. The van der Waals surface area contributed by atoms with E-state index in [9.17, 15) is 9.42 Å². The lowest BCUT2D eigenvalue weighted by molar-refractivity contribution is 0.564. The van der Waals surface area contributed by atoms with Gasteiger partial charge in [0.25, 0.3) is 0 Å². The Morgan fingerprint density at radius 3 is 2.25 bits per heavy atom. The van der Waals surface area contributed by atoms with Crippen molar-refractivity contribution in [3.63, 3.8) is 0 Å². The van der Waals surface area contributed by atoms with Gasteiger partial charge in [-0.1, -0.05) is 0 Å². The van der Waals surface area contributed by atoms with E-state index in [1.807, 2.05) is 0 Å². The molecule has 0 bridgehead atoms. The van der Waals surface area contributed by atoms with E-state index >= 15 is 0 Å². The number of hydroxylamine groups is 1. The Kier molecular flexibility index (Phi) is 2.80. The van der Waals surface area contributed by atoms with E-state index in [0.717, 1.165) is 0 Å². The molecule has 0 aliphatic carbocycles. The van der Waals surface area contributed by atoms with Crippen LogP contribution in [0, 0.1) is 5.21 Å². The first-order valence-electron chi connectivity index (χ1n) is 3.23. The molecule has 1 aromatic carbocycles. The smallest absolute Gasteiger partial charge is 0.186 e. The van der Waals surface area contributed by atoms with Crippen LogP contribution in [0.25, 0.3) is 0 Å². The van der Waals surface area contributed by atoms with Crippen molar-refractivity contribution < 1.29 is 8.76 Å². The molecule has 0 saturated carbocycles. The summed E-state index contributed by atoms with van der Waals surface area (Å²) in [5.41, 5.74) is 0.462. The second-order valence-corrected chi connectivity index (χ2v) is 3.21. The van der Waals surface area contributed by atoms with Gasteiger partial charge in [-0.2, -0.15) is 0 Å². The van der Waals surface area contributed by atoms with Gasteiger partial charge in [-0.15, -0.1) is 0 Å². The van der Waals surface area contributed by atoms with Crippen molar-refractivity contribution in [1.29, 1.82) is 0 Å². The third-order valence-electron chi connectivity index (χ3n) is 1.40. The maximum Gasteiger partial charge on any atom is 0.186 e. The normalized spacial score (nSPS) is 12.6. The van der Waals surface area contributed by atoms with Gasteiger partial charge < -0.3 is 14.8 Å². The zero-order valence-corrected chi connectivity index (χ0v) is 7.25. The summed E-state index contributed by atoms with van der Waals surface area (Å²) in [6, 6.07) is 5.88. The second-order valence-electron chi connectivity index (χ2n) is 2.24. The minimum atomic E-state index is -1.97. The molecule has 1 atom stereocenters. The predicted octanol–water partition coefficient (Wildman–Crippen LogP) is 1.20. The molecule has 0 radical (unpaired) electrons. The Bertz CT molecular complexity index is 283. The standard InChI is InChI=1S/C7H8NO3S/c1-8(9)6-2-4-7(5-3-6)12(10)11/h2-5H,1H3,(H,10,11)/q-1. The number of nitrogens with zero attached hydrogens (tertiary/aromatic N) is 1. The van der Waals surface area contributed by atoms with Crippen LogP contribution in [-0.2, 0) is 11.1 Å². The van der Waals surface area contributed by atoms with E-state index < -0.39 is 11.1 Å². The Morgan fingerprint density at radius 2 is 1.92 bits per heavy atom. The van der Waals surface area contributed by atoms with Crippen molar-refractivity contribution >= 4 is 16.8 Å². The van der Waals surface area contributed by atoms with Gasteiger partial charge in [-0.3, -0.25) is 0 Å². The summed E-state index contributed by atoms with van der Waals surface area (Å²) in [4.78, 5) is 0.292. The number of hydrogen-bond acceptors (Lipinski definition) is 3. The van der Waals surface area contributed by atoms with Crippen molar-refractivity contribution in [1.82, 2.24) is 0 Å². The van der Waals surface area contributed by atoms with Gasteiger partial charge in [-0.25, -0.2) is 4.21 Å². The molecule has 5 heteroatoms. The molecule has 12 heavy (non-hydrogen) atoms. The summed E-state index contributed by atoms with van der Waals surface area (Å²) in [7, 11) is 1.37. The molecule has 0 heterocycles. The molecule has 1 unspecified atom stereocenters. The lowest BCUT2D eigenvalue weighted by atomic mass is 10.3. The molecule has 66 valence electrons. The van der Waals surface area contributed by atoms with E-state index in [2.05, 4.69) is 0 Å². The summed E-state index contributed by atoms with van der Waals surface area (Å²) in [6.07, 6.45) is 0. The van der Waals surface area contributed by atoms with E-state index in [0.29, 0.717) is 15.6 Å². The topological polar surface area (TPSA) is 63.6 Å². The molecule has 1 aromatic rings. The van der Waals surface area contributed by atoms with Crippen LogP contribution in [0.4, 0.5) is 5.69 Å². The molecular formula is C7H8NO3S-. The van der Waals surface area contributed by atoms with Crippen LogP contribution in [0.1, 0.15) is 0 Å². The highest BCUT2D eigenvalue weighted by Crippen LogP contribution is 2.13. The number of anilines is 1. The first-order valence-corrected chi connectivity index (χ1v) is 4.33. The Hall–Kier alpha value is -0.910. The molecule has 0 aliphatic heterocycles. The van der Waals surface area contributed by atoms with Gasteiger partial charge in [0.2, 0.25) is 0 Å². The summed E-state index contributed by atoms with van der Waals surface area (Å²) in [5.74, 6) is 0. The Labute approximate surface area is 72.7 Å². The number of hydrogen-bond donors (Lipinski definition) is 1. The molecule has 1 N–H and O–H groups in total. The van der Waals surface area contributed by atoms with Crippen molar-refractivity contribution in [2.75, 3.05) is 12.1 Å². The average molecular weight is 186 g/mol. The average Bonchev–Trinajstić information content (AvgIpc) is 2.04. The van der Waals surface area contributed by atoms with E-state index in [4.69, 9.17) is 4.55 Å². The van der Waals surface area contributed by atoms with Crippen LogP contribution in [-0.4, -0.2) is 15.8 Å². The number of benzene rings is 1. The minimum Gasteiger partial charge on any atom is -0.758 e. The molecule has 1 rings (SSSR count). The summed E-state index contributed by atoms with van der Waals surface area (Å²) in [6.45, 7) is 0. The molecule has 0 saturated heterocycles. The number of rotatable bonds is 2. The zero-order valence-electron chi connectivity index (χ0n) is 6.43. The van der Waals surface area contributed by atoms with Crippen LogP contribution in [0.2, 0.25) is 0 Å². The van der Waals surface area contributed by atoms with Gasteiger partial charge in [0.05, 0.1) is 4.90 Å². The van der Waals surface area contributed by atoms with Gasteiger partial charge in [-0.05, 0) is 31.3 Å². The molecule has 0 aliphatic rings. The lowest BCUT2D eigenvalue weighted by Crippen LogP contribution is -2.05. The van der Waals surface area contributed by atoms with Gasteiger partial charge in [0, 0.05) is 5.69 Å². The molecular weight excluding hydrogens is 178 g/mol. The van der Waals surface area contributed by atoms with Crippen LogP contribution in [0.3, 0.4) is 0 Å². The van der Waals surface area contributed by atoms with Gasteiger partial charge >= 0.3 is 0 Å². The molecule has 0 aromatic heterocycles. The Morgan fingerprint density at radius 1 is 1.42 bits per heavy atom. The van der Waals surface area contributed by atoms with Gasteiger partial charge in [0.15, 0.2) is 11.1 Å². The first-order chi connectivity index (χ1) is 5.61. The molecule has 0 amide bonds. The maximum atomic E-state index is 10.7. The molecule has 4 nitrogen and oxygen atoms in total. The van der Waals surface area contributed by atoms with Crippen LogP contribution in [0.5, 0.6) is 0 Å². The SMILES string of the molecule is CN([O-])c1ccc(S(=O)O)cc1. The van der Waals surface area contributed by atoms with Crippen LogP contribution < -0.4 is 5.06 Å². The van der Waals surface area contributed by atoms with E-state index in [1.54, 1.807) is 0 Å². The van der Waals surface area contributed by atoms with Crippen molar-refractivity contribution in [2.45, 2.75) is 4.90 Å².